The highest BCUT2D eigenvalue weighted by Crippen LogP contribution is 2.33. The molecule has 0 radical (unpaired) electrons. The lowest BCUT2D eigenvalue weighted by Crippen LogP contribution is -2.05. The second kappa shape index (κ2) is 6.55. The number of sulfone groups is 1. The summed E-state index contributed by atoms with van der Waals surface area (Å²) in [6, 6.07) is 20.0. The zero-order valence-electron chi connectivity index (χ0n) is 14.9. The van der Waals surface area contributed by atoms with E-state index in [-0.39, 0.29) is 5.16 Å². The van der Waals surface area contributed by atoms with E-state index in [1.54, 1.807) is 0 Å². The Hall–Kier alpha value is -3.12. The fraction of sp³-hybridized carbons (Fsp3) is 0.0952. The van der Waals surface area contributed by atoms with Crippen molar-refractivity contribution in [3.05, 3.63) is 72.4 Å². The summed E-state index contributed by atoms with van der Waals surface area (Å²) in [5, 5.41) is 0.474. The minimum atomic E-state index is -3.50. The third kappa shape index (κ3) is 3.44. The first-order chi connectivity index (χ1) is 12.9. The van der Waals surface area contributed by atoms with Crippen molar-refractivity contribution in [3.63, 3.8) is 0 Å². The van der Waals surface area contributed by atoms with Gasteiger partial charge in [0.15, 0.2) is 5.65 Å². The molecule has 0 atom stereocenters. The van der Waals surface area contributed by atoms with Crippen LogP contribution >= 0.6 is 0 Å². The molecule has 0 unspecified atom stereocenters. The molecule has 4 aromatic rings. The van der Waals surface area contributed by atoms with Crippen molar-refractivity contribution in [2.75, 3.05) is 6.26 Å². The van der Waals surface area contributed by atoms with Crippen LogP contribution in [0.3, 0.4) is 0 Å². The molecule has 4 rings (SSSR count). The van der Waals surface area contributed by atoms with Gasteiger partial charge in [0.2, 0.25) is 15.0 Å². The van der Waals surface area contributed by atoms with Gasteiger partial charge in [0.25, 0.3) is 0 Å². The Kier molecular flexibility index (Phi) is 4.20. The van der Waals surface area contributed by atoms with Crippen molar-refractivity contribution >= 4 is 20.9 Å². The third-order valence-electron chi connectivity index (χ3n) is 4.29. The van der Waals surface area contributed by atoms with E-state index in [0.29, 0.717) is 11.0 Å². The topological polar surface area (TPSA) is 72.8 Å². The fourth-order valence-corrected chi connectivity index (χ4v) is 3.39. The lowest BCUT2D eigenvalue weighted by atomic mass is 9.98. The fourth-order valence-electron chi connectivity index (χ4n) is 2.90. The molecule has 0 saturated carbocycles. The van der Waals surface area contributed by atoms with Crippen molar-refractivity contribution in [2.24, 2.45) is 0 Å². The standard InChI is InChI=1S/C21H17N3O2S/c1-14-8-10-16(11-9-14)19-18(15-6-4-3-5-7-15)12-17-13-22-21(27(2,25)26)24-20(17)23-19/h3-13H,1-2H3. The van der Waals surface area contributed by atoms with Crippen LogP contribution in [-0.4, -0.2) is 29.6 Å². The highest BCUT2D eigenvalue weighted by molar-refractivity contribution is 7.90. The second-order valence-electron chi connectivity index (χ2n) is 6.45. The van der Waals surface area contributed by atoms with Gasteiger partial charge in [-0.15, -0.1) is 0 Å². The lowest BCUT2D eigenvalue weighted by Gasteiger charge is -2.11. The van der Waals surface area contributed by atoms with Crippen LogP contribution in [-0.2, 0) is 9.84 Å². The normalized spacial score (nSPS) is 11.6. The average Bonchev–Trinajstić information content (AvgIpc) is 2.67. The molecule has 6 heteroatoms. The molecule has 134 valence electrons. The number of rotatable bonds is 3. The maximum atomic E-state index is 11.8. The van der Waals surface area contributed by atoms with Gasteiger partial charge in [-0.05, 0) is 18.6 Å². The molecular weight excluding hydrogens is 358 g/mol. The molecule has 0 fully saturated rings. The van der Waals surface area contributed by atoms with Crippen molar-refractivity contribution in [2.45, 2.75) is 12.1 Å². The molecular formula is C21H17N3O2S. The second-order valence-corrected chi connectivity index (χ2v) is 8.36. The van der Waals surface area contributed by atoms with Gasteiger partial charge in [-0.1, -0.05) is 60.2 Å². The molecule has 0 aliphatic heterocycles. The third-order valence-corrected chi connectivity index (χ3v) is 5.15. The Morgan fingerprint density at radius 2 is 1.56 bits per heavy atom. The molecule has 5 nitrogen and oxygen atoms in total. The zero-order valence-corrected chi connectivity index (χ0v) is 15.7. The van der Waals surface area contributed by atoms with Gasteiger partial charge in [0.1, 0.15) is 0 Å². The number of nitrogens with zero attached hydrogens (tertiary/aromatic N) is 3. The maximum Gasteiger partial charge on any atom is 0.248 e. The average molecular weight is 375 g/mol. The van der Waals surface area contributed by atoms with Crippen molar-refractivity contribution in [1.82, 2.24) is 15.0 Å². The highest BCUT2D eigenvalue weighted by atomic mass is 32.2. The molecule has 0 N–H and O–H groups in total. The van der Waals surface area contributed by atoms with E-state index in [9.17, 15) is 8.42 Å². The first kappa shape index (κ1) is 17.3. The summed E-state index contributed by atoms with van der Waals surface area (Å²) in [5.74, 6) is 0. The Balaban J connectivity index is 2.02. The Bertz CT molecular complexity index is 1240. The minimum absolute atomic E-state index is 0.218. The molecule has 2 aromatic carbocycles. The van der Waals surface area contributed by atoms with Gasteiger partial charge >= 0.3 is 0 Å². The van der Waals surface area contributed by atoms with Crippen LogP contribution in [0.1, 0.15) is 5.56 Å². The van der Waals surface area contributed by atoms with Crippen LogP contribution in [0.5, 0.6) is 0 Å². The van der Waals surface area contributed by atoms with Crippen LogP contribution in [0.4, 0.5) is 0 Å². The van der Waals surface area contributed by atoms with Gasteiger partial charge in [-0.3, -0.25) is 0 Å². The van der Waals surface area contributed by atoms with E-state index >= 15 is 0 Å². The number of hydrogen-bond donors (Lipinski definition) is 0. The van der Waals surface area contributed by atoms with Crippen molar-refractivity contribution in [1.29, 1.82) is 0 Å². The van der Waals surface area contributed by atoms with E-state index in [4.69, 9.17) is 4.98 Å². The summed E-state index contributed by atoms with van der Waals surface area (Å²) in [4.78, 5) is 12.9. The zero-order chi connectivity index (χ0) is 19.0. The predicted molar refractivity (Wildman–Crippen MR) is 106 cm³/mol. The van der Waals surface area contributed by atoms with Crippen LogP contribution in [0.2, 0.25) is 0 Å². The molecule has 0 amide bonds. The van der Waals surface area contributed by atoms with Gasteiger partial charge in [0.05, 0.1) is 5.69 Å². The summed E-state index contributed by atoms with van der Waals surface area (Å²) < 4.78 is 23.6. The molecule has 0 spiro atoms. The van der Waals surface area contributed by atoms with Crippen LogP contribution in [0, 0.1) is 6.92 Å². The molecule has 2 heterocycles. The number of pyridine rings is 1. The Labute approximate surface area is 157 Å². The molecule has 2 aromatic heterocycles. The number of fused-ring (bicyclic) bond motifs is 1. The first-order valence-electron chi connectivity index (χ1n) is 8.42. The molecule has 0 aliphatic carbocycles. The van der Waals surface area contributed by atoms with E-state index in [1.165, 1.54) is 6.20 Å². The van der Waals surface area contributed by atoms with Crippen LogP contribution in [0.15, 0.2) is 72.0 Å². The molecule has 0 saturated heterocycles. The molecule has 27 heavy (non-hydrogen) atoms. The van der Waals surface area contributed by atoms with Gasteiger partial charge in [-0.25, -0.2) is 18.4 Å². The summed E-state index contributed by atoms with van der Waals surface area (Å²) >= 11 is 0. The Morgan fingerprint density at radius 1 is 0.852 bits per heavy atom. The molecule has 0 bridgehead atoms. The first-order valence-corrected chi connectivity index (χ1v) is 10.3. The van der Waals surface area contributed by atoms with Crippen molar-refractivity contribution < 1.29 is 8.42 Å². The highest BCUT2D eigenvalue weighted by Gasteiger charge is 2.16. The van der Waals surface area contributed by atoms with Crippen molar-refractivity contribution in [3.8, 4) is 22.4 Å². The number of aromatic nitrogens is 3. The smallest absolute Gasteiger partial charge is 0.227 e. The largest absolute Gasteiger partial charge is 0.248 e. The number of hydrogen-bond acceptors (Lipinski definition) is 5. The van der Waals surface area contributed by atoms with Gasteiger partial charge in [0, 0.05) is 29.0 Å². The monoisotopic (exact) mass is 375 g/mol. The van der Waals surface area contributed by atoms with E-state index in [2.05, 4.69) is 9.97 Å². The van der Waals surface area contributed by atoms with E-state index < -0.39 is 9.84 Å². The molecule has 0 aliphatic rings. The quantitative estimate of drug-likeness (QED) is 0.505. The lowest BCUT2D eigenvalue weighted by molar-refractivity contribution is 0.593. The summed E-state index contributed by atoms with van der Waals surface area (Å²) in [6.07, 6.45) is 2.60. The van der Waals surface area contributed by atoms with Gasteiger partial charge in [-0.2, -0.15) is 4.98 Å². The summed E-state index contributed by atoms with van der Waals surface area (Å²) in [7, 11) is -3.50. The van der Waals surface area contributed by atoms with E-state index in [1.807, 2.05) is 67.6 Å². The number of benzene rings is 2. The summed E-state index contributed by atoms with van der Waals surface area (Å²) in [5.41, 5.74) is 5.19. The van der Waals surface area contributed by atoms with Crippen LogP contribution < -0.4 is 0 Å². The van der Waals surface area contributed by atoms with E-state index in [0.717, 1.165) is 34.2 Å². The Morgan fingerprint density at radius 3 is 2.22 bits per heavy atom. The SMILES string of the molecule is Cc1ccc(-c2nc3nc(S(C)(=O)=O)ncc3cc2-c2ccccc2)cc1. The minimum Gasteiger partial charge on any atom is -0.227 e. The van der Waals surface area contributed by atoms with Gasteiger partial charge < -0.3 is 0 Å². The van der Waals surface area contributed by atoms with Crippen LogP contribution in [0.25, 0.3) is 33.4 Å². The summed E-state index contributed by atoms with van der Waals surface area (Å²) in [6.45, 7) is 2.03. The predicted octanol–water partition coefficient (Wildman–Crippen LogP) is 4.07. The number of aryl methyl sites for hydroxylation is 1. The maximum absolute atomic E-state index is 11.8.